The van der Waals surface area contributed by atoms with Gasteiger partial charge in [0.2, 0.25) is 10.0 Å². The van der Waals surface area contributed by atoms with Crippen molar-refractivity contribution in [3.05, 3.63) is 64.2 Å². The Morgan fingerprint density at radius 2 is 1.83 bits per heavy atom. The van der Waals surface area contributed by atoms with Crippen LogP contribution < -0.4 is 5.32 Å². The van der Waals surface area contributed by atoms with Crippen LogP contribution >= 0.6 is 0 Å². The highest BCUT2D eigenvalue weighted by atomic mass is 32.2. The topological polar surface area (TPSA) is 102 Å². The molecule has 3 unspecified atom stereocenters. The van der Waals surface area contributed by atoms with Gasteiger partial charge in [0.05, 0.1) is 29.9 Å². The Hall–Kier alpha value is -2.49. The number of rotatable bonds is 7. The van der Waals surface area contributed by atoms with Gasteiger partial charge in [0, 0.05) is 25.2 Å². The maximum absolute atomic E-state index is 13.4. The van der Waals surface area contributed by atoms with Gasteiger partial charge in [-0.3, -0.25) is 10.1 Å². The number of hydrogen-bond donors (Lipinski definition) is 1. The summed E-state index contributed by atoms with van der Waals surface area (Å²) in [4.78, 5) is 10.7. The first-order chi connectivity index (χ1) is 14.4. The molecule has 4 rings (SSSR count). The molecule has 1 heterocycles. The lowest BCUT2D eigenvalue weighted by Crippen LogP contribution is -2.40. The second-order valence-electron chi connectivity index (χ2n) is 7.86. The molecule has 0 bridgehead atoms. The standard InChI is InChI=1S/C21H25N3O5S/c1-15-13-18(15)21(16-5-3-2-4-6-16)22-19-8-7-17(24(25)26)14-20(19)30(27,28)23-9-11-29-12-10-23/h2-8,14-15,18,21-22H,9-13H2,1H3. The molecular weight excluding hydrogens is 406 g/mol. The highest BCUT2D eigenvalue weighted by Gasteiger charge is 2.41. The summed E-state index contributed by atoms with van der Waals surface area (Å²) in [6.45, 7) is 3.24. The minimum Gasteiger partial charge on any atom is -0.379 e. The van der Waals surface area contributed by atoms with E-state index in [4.69, 9.17) is 4.74 Å². The van der Waals surface area contributed by atoms with Crippen molar-refractivity contribution < 1.29 is 18.1 Å². The maximum Gasteiger partial charge on any atom is 0.270 e. The van der Waals surface area contributed by atoms with Crippen LogP contribution in [-0.4, -0.2) is 43.9 Å². The van der Waals surface area contributed by atoms with E-state index in [0.29, 0.717) is 30.7 Å². The van der Waals surface area contributed by atoms with Gasteiger partial charge in [0.15, 0.2) is 0 Å². The van der Waals surface area contributed by atoms with E-state index in [-0.39, 0.29) is 29.7 Å². The van der Waals surface area contributed by atoms with Crippen molar-refractivity contribution in [3.8, 4) is 0 Å². The molecule has 1 N–H and O–H groups in total. The van der Waals surface area contributed by atoms with Crippen LogP contribution in [0.1, 0.15) is 24.9 Å². The fourth-order valence-corrected chi connectivity index (χ4v) is 5.55. The van der Waals surface area contributed by atoms with E-state index in [1.54, 1.807) is 0 Å². The van der Waals surface area contributed by atoms with Crippen LogP contribution in [0.2, 0.25) is 0 Å². The number of benzene rings is 2. The quantitative estimate of drug-likeness (QED) is 0.532. The van der Waals surface area contributed by atoms with E-state index in [1.165, 1.54) is 16.4 Å². The molecule has 3 atom stereocenters. The molecule has 2 aromatic carbocycles. The Morgan fingerprint density at radius 1 is 1.17 bits per heavy atom. The third-order valence-corrected chi connectivity index (χ3v) is 7.77. The van der Waals surface area contributed by atoms with Gasteiger partial charge in [-0.2, -0.15) is 4.31 Å². The van der Waals surface area contributed by atoms with Crippen molar-refractivity contribution in [3.63, 3.8) is 0 Å². The first kappa shape index (κ1) is 20.8. The van der Waals surface area contributed by atoms with E-state index in [1.807, 2.05) is 30.3 Å². The number of anilines is 1. The van der Waals surface area contributed by atoms with E-state index in [0.717, 1.165) is 18.1 Å². The molecule has 1 saturated heterocycles. The van der Waals surface area contributed by atoms with Gasteiger partial charge >= 0.3 is 0 Å². The Morgan fingerprint density at radius 3 is 2.43 bits per heavy atom. The highest BCUT2D eigenvalue weighted by Crippen LogP contribution is 2.49. The molecule has 1 aliphatic heterocycles. The summed E-state index contributed by atoms with van der Waals surface area (Å²) >= 11 is 0. The first-order valence-corrected chi connectivity index (χ1v) is 11.5. The number of nitro groups is 1. The molecule has 1 saturated carbocycles. The zero-order valence-corrected chi connectivity index (χ0v) is 17.5. The lowest BCUT2D eigenvalue weighted by Gasteiger charge is -2.28. The van der Waals surface area contributed by atoms with Crippen LogP contribution in [0.25, 0.3) is 0 Å². The minimum absolute atomic E-state index is 0.0622. The normalized spacial score (nSPS) is 23.0. The molecule has 0 amide bonds. The van der Waals surface area contributed by atoms with Crippen LogP contribution in [0.3, 0.4) is 0 Å². The zero-order chi connectivity index (χ0) is 21.3. The third-order valence-electron chi connectivity index (χ3n) is 5.83. The Bertz CT molecular complexity index is 1020. The molecular formula is C21H25N3O5S. The summed E-state index contributed by atoms with van der Waals surface area (Å²) in [6, 6.07) is 13.8. The molecule has 9 heteroatoms. The number of ether oxygens (including phenoxy) is 1. The van der Waals surface area contributed by atoms with E-state index in [2.05, 4.69) is 12.2 Å². The molecule has 0 radical (unpaired) electrons. The van der Waals surface area contributed by atoms with Gasteiger partial charge in [0.1, 0.15) is 4.90 Å². The van der Waals surface area contributed by atoms with Crippen molar-refractivity contribution in [2.45, 2.75) is 24.3 Å². The summed E-state index contributed by atoms with van der Waals surface area (Å²) in [5.41, 5.74) is 1.21. The van der Waals surface area contributed by atoms with Crippen LogP contribution in [0.15, 0.2) is 53.4 Å². The summed E-state index contributed by atoms with van der Waals surface area (Å²) in [7, 11) is -3.91. The summed E-state index contributed by atoms with van der Waals surface area (Å²) in [6.07, 6.45) is 1.05. The summed E-state index contributed by atoms with van der Waals surface area (Å²) < 4.78 is 33.3. The van der Waals surface area contributed by atoms with Crippen molar-refractivity contribution in [1.82, 2.24) is 4.31 Å². The first-order valence-electron chi connectivity index (χ1n) is 10.1. The van der Waals surface area contributed by atoms with Gasteiger partial charge in [-0.05, 0) is 29.9 Å². The van der Waals surface area contributed by atoms with Crippen molar-refractivity contribution in [1.29, 1.82) is 0 Å². The fraction of sp³-hybridized carbons (Fsp3) is 0.429. The number of non-ortho nitro benzene ring substituents is 1. The van der Waals surface area contributed by atoms with Gasteiger partial charge in [-0.15, -0.1) is 0 Å². The monoisotopic (exact) mass is 431 g/mol. The molecule has 2 aromatic rings. The Kier molecular flexibility index (Phi) is 5.77. The second-order valence-corrected chi connectivity index (χ2v) is 9.77. The van der Waals surface area contributed by atoms with E-state index < -0.39 is 14.9 Å². The number of nitro benzene ring substituents is 1. The van der Waals surface area contributed by atoms with Crippen molar-refractivity contribution in [2.24, 2.45) is 11.8 Å². The average molecular weight is 432 g/mol. The summed E-state index contributed by atoms with van der Waals surface area (Å²) in [5.74, 6) is 0.904. The Balaban J connectivity index is 1.74. The third kappa shape index (κ3) is 4.19. The maximum atomic E-state index is 13.4. The van der Waals surface area contributed by atoms with Gasteiger partial charge in [0.25, 0.3) is 5.69 Å². The molecule has 8 nitrogen and oxygen atoms in total. The van der Waals surface area contributed by atoms with Gasteiger partial charge in [-0.25, -0.2) is 8.42 Å². The van der Waals surface area contributed by atoms with E-state index >= 15 is 0 Å². The average Bonchev–Trinajstić information content (AvgIpc) is 3.49. The Labute approximate surface area is 176 Å². The number of nitrogens with one attached hydrogen (secondary N) is 1. The van der Waals surface area contributed by atoms with Crippen LogP contribution in [-0.2, 0) is 14.8 Å². The van der Waals surface area contributed by atoms with Gasteiger partial charge < -0.3 is 10.1 Å². The van der Waals surface area contributed by atoms with Crippen LogP contribution in [0, 0.1) is 22.0 Å². The molecule has 0 spiro atoms. The summed E-state index contributed by atoms with van der Waals surface area (Å²) in [5, 5.41) is 14.7. The lowest BCUT2D eigenvalue weighted by molar-refractivity contribution is -0.385. The van der Waals surface area contributed by atoms with E-state index in [9.17, 15) is 18.5 Å². The van der Waals surface area contributed by atoms with Crippen molar-refractivity contribution >= 4 is 21.4 Å². The number of sulfonamides is 1. The predicted octanol–water partition coefficient (Wildman–Crippen LogP) is 3.42. The number of nitrogens with zero attached hydrogens (tertiary/aromatic N) is 2. The fourth-order valence-electron chi connectivity index (χ4n) is 3.96. The van der Waals surface area contributed by atoms with Crippen LogP contribution in [0.5, 0.6) is 0 Å². The molecule has 1 aliphatic carbocycles. The minimum atomic E-state index is -3.91. The number of morpholine rings is 1. The predicted molar refractivity (Wildman–Crippen MR) is 113 cm³/mol. The van der Waals surface area contributed by atoms with Crippen LogP contribution in [0.4, 0.5) is 11.4 Å². The van der Waals surface area contributed by atoms with Gasteiger partial charge in [-0.1, -0.05) is 37.3 Å². The lowest BCUT2D eigenvalue weighted by atomic mass is 10.0. The van der Waals surface area contributed by atoms with Crippen molar-refractivity contribution in [2.75, 3.05) is 31.6 Å². The largest absolute Gasteiger partial charge is 0.379 e. The molecule has 30 heavy (non-hydrogen) atoms. The molecule has 2 aliphatic rings. The molecule has 0 aromatic heterocycles. The molecule has 2 fully saturated rings. The highest BCUT2D eigenvalue weighted by molar-refractivity contribution is 7.89. The zero-order valence-electron chi connectivity index (χ0n) is 16.7. The smallest absolute Gasteiger partial charge is 0.270 e. The second kappa shape index (κ2) is 8.33. The number of hydrogen-bond acceptors (Lipinski definition) is 6. The SMILES string of the molecule is CC1CC1C(Nc1ccc([N+](=O)[O-])cc1S(=O)(=O)N1CCOCC1)c1ccccc1. The molecule has 160 valence electrons.